The Kier molecular flexibility index (Phi) is 5.30. The lowest BCUT2D eigenvalue weighted by atomic mass is 9.94. The molecule has 0 spiro atoms. The van der Waals surface area contributed by atoms with E-state index in [1.807, 2.05) is 0 Å². The molecule has 0 amide bonds. The van der Waals surface area contributed by atoms with E-state index in [0.29, 0.717) is 5.92 Å². The lowest BCUT2D eigenvalue weighted by Crippen LogP contribution is -2.40. The van der Waals surface area contributed by atoms with Gasteiger partial charge in [0.05, 0.1) is 11.4 Å². The van der Waals surface area contributed by atoms with Gasteiger partial charge in [-0.1, -0.05) is 26.0 Å². The molecule has 1 aromatic rings. The van der Waals surface area contributed by atoms with Gasteiger partial charge in [0, 0.05) is 26.7 Å². The van der Waals surface area contributed by atoms with E-state index in [9.17, 15) is 0 Å². The minimum Gasteiger partial charge on any atom is -0.371 e. The van der Waals surface area contributed by atoms with E-state index in [4.69, 9.17) is 5.73 Å². The van der Waals surface area contributed by atoms with Crippen LogP contribution in [0.5, 0.6) is 0 Å². The Morgan fingerprint density at radius 2 is 1.85 bits per heavy atom. The van der Waals surface area contributed by atoms with Gasteiger partial charge in [0.1, 0.15) is 0 Å². The molecule has 0 bridgehead atoms. The molecule has 1 atom stereocenters. The van der Waals surface area contributed by atoms with E-state index in [1.54, 1.807) is 0 Å². The van der Waals surface area contributed by atoms with Gasteiger partial charge in [-0.3, -0.25) is 0 Å². The molecule has 0 saturated carbocycles. The summed E-state index contributed by atoms with van der Waals surface area (Å²) in [6, 6.07) is 8.72. The number of anilines is 2. The maximum atomic E-state index is 5.93. The summed E-state index contributed by atoms with van der Waals surface area (Å²) in [7, 11) is 2.18. The predicted molar refractivity (Wildman–Crippen MR) is 88.5 cm³/mol. The van der Waals surface area contributed by atoms with Gasteiger partial charge in [0.15, 0.2) is 0 Å². The number of fused-ring (bicyclic) bond motifs is 1. The number of hydrogen-bond acceptors (Lipinski definition) is 3. The lowest BCUT2D eigenvalue weighted by molar-refractivity contribution is 0.394. The van der Waals surface area contributed by atoms with Gasteiger partial charge in [0.25, 0.3) is 0 Å². The van der Waals surface area contributed by atoms with Crippen LogP contribution in [0.25, 0.3) is 0 Å². The molecule has 1 heterocycles. The summed E-state index contributed by atoms with van der Waals surface area (Å²) >= 11 is 0. The van der Waals surface area contributed by atoms with Crippen LogP contribution in [-0.2, 0) is 0 Å². The average Bonchev–Trinajstić information content (AvgIpc) is 2.45. The van der Waals surface area contributed by atoms with Crippen LogP contribution in [0, 0.1) is 11.8 Å². The highest BCUT2D eigenvalue weighted by Crippen LogP contribution is 2.32. The highest BCUT2D eigenvalue weighted by molar-refractivity contribution is 5.72. The maximum absolute atomic E-state index is 5.93. The lowest BCUT2D eigenvalue weighted by Gasteiger charge is -2.37. The number of nitrogens with zero attached hydrogens (tertiary/aromatic N) is 2. The van der Waals surface area contributed by atoms with E-state index in [-0.39, 0.29) is 0 Å². The van der Waals surface area contributed by atoms with Crippen molar-refractivity contribution in [3.05, 3.63) is 24.3 Å². The number of hydrogen-bond donors (Lipinski definition) is 1. The minimum absolute atomic E-state index is 0.654. The monoisotopic (exact) mass is 275 g/mol. The van der Waals surface area contributed by atoms with E-state index in [0.717, 1.165) is 32.1 Å². The Morgan fingerprint density at radius 1 is 1.15 bits per heavy atom. The summed E-state index contributed by atoms with van der Waals surface area (Å²) in [4.78, 5) is 4.87. The molecular weight excluding hydrogens is 246 g/mol. The average molecular weight is 275 g/mol. The second-order valence-corrected chi connectivity index (χ2v) is 6.42. The van der Waals surface area contributed by atoms with Gasteiger partial charge in [0.2, 0.25) is 0 Å². The van der Waals surface area contributed by atoms with Crippen LogP contribution in [0.3, 0.4) is 0 Å². The normalized spacial score (nSPS) is 16.4. The summed E-state index contributed by atoms with van der Waals surface area (Å²) in [5.74, 6) is 1.39. The standard InChI is InChI=1S/C17H29N3/c1-14(2)12-15(13-18)8-9-20-11-10-19(3)16-6-4-5-7-17(16)20/h4-7,14-15H,8-13,18H2,1-3H3. The summed E-state index contributed by atoms with van der Waals surface area (Å²) in [6.07, 6.45) is 2.44. The molecule has 20 heavy (non-hydrogen) atoms. The molecule has 0 saturated heterocycles. The molecule has 2 N–H and O–H groups in total. The quantitative estimate of drug-likeness (QED) is 0.866. The van der Waals surface area contributed by atoms with Gasteiger partial charge < -0.3 is 15.5 Å². The van der Waals surface area contributed by atoms with Gasteiger partial charge in [-0.05, 0) is 43.4 Å². The molecule has 1 unspecified atom stereocenters. The molecule has 2 rings (SSSR count). The van der Waals surface area contributed by atoms with Gasteiger partial charge in [-0.15, -0.1) is 0 Å². The van der Waals surface area contributed by atoms with Crippen molar-refractivity contribution in [1.29, 1.82) is 0 Å². The molecule has 0 aromatic heterocycles. The van der Waals surface area contributed by atoms with Crippen LogP contribution in [0.4, 0.5) is 11.4 Å². The Balaban J connectivity index is 1.98. The summed E-state index contributed by atoms with van der Waals surface area (Å²) < 4.78 is 0. The summed E-state index contributed by atoms with van der Waals surface area (Å²) in [5, 5.41) is 0. The smallest absolute Gasteiger partial charge is 0.0604 e. The third-order valence-corrected chi connectivity index (χ3v) is 4.28. The molecule has 1 aliphatic heterocycles. The topological polar surface area (TPSA) is 32.5 Å². The first-order valence-corrected chi connectivity index (χ1v) is 7.87. The fraction of sp³-hybridized carbons (Fsp3) is 0.647. The molecule has 0 radical (unpaired) electrons. The minimum atomic E-state index is 0.654. The highest BCUT2D eigenvalue weighted by atomic mass is 15.2. The van der Waals surface area contributed by atoms with E-state index < -0.39 is 0 Å². The number of para-hydroxylation sites is 2. The Hall–Kier alpha value is -1.22. The number of nitrogens with two attached hydrogens (primary N) is 1. The van der Waals surface area contributed by atoms with Crippen molar-refractivity contribution in [1.82, 2.24) is 0 Å². The molecule has 1 aromatic carbocycles. The third-order valence-electron chi connectivity index (χ3n) is 4.28. The Morgan fingerprint density at radius 3 is 2.50 bits per heavy atom. The molecule has 0 fully saturated rings. The van der Waals surface area contributed by atoms with Crippen molar-refractivity contribution in [3.63, 3.8) is 0 Å². The number of benzene rings is 1. The number of rotatable bonds is 6. The summed E-state index contributed by atoms with van der Waals surface area (Å²) in [5.41, 5.74) is 8.66. The van der Waals surface area contributed by atoms with Gasteiger partial charge in [-0.2, -0.15) is 0 Å². The predicted octanol–water partition coefficient (Wildman–Crippen LogP) is 2.95. The third kappa shape index (κ3) is 3.66. The SMILES string of the molecule is CC(C)CC(CN)CCN1CCN(C)c2ccccc21. The molecule has 3 heteroatoms. The van der Waals surface area contributed by atoms with Gasteiger partial charge in [-0.25, -0.2) is 0 Å². The highest BCUT2D eigenvalue weighted by Gasteiger charge is 2.20. The van der Waals surface area contributed by atoms with Crippen LogP contribution < -0.4 is 15.5 Å². The zero-order valence-electron chi connectivity index (χ0n) is 13.2. The van der Waals surface area contributed by atoms with Crippen molar-refractivity contribution in [2.75, 3.05) is 43.0 Å². The van der Waals surface area contributed by atoms with Crippen molar-refractivity contribution in [2.45, 2.75) is 26.7 Å². The fourth-order valence-electron chi connectivity index (χ4n) is 3.14. The van der Waals surface area contributed by atoms with Crippen molar-refractivity contribution >= 4 is 11.4 Å². The molecule has 0 aliphatic carbocycles. The van der Waals surface area contributed by atoms with E-state index in [2.05, 4.69) is 55.0 Å². The molecule has 112 valence electrons. The second-order valence-electron chi connectivity index (χ2n) is 6.42. The van der Waals surface area contributed by atoms with Crippen molar-refractivity contribution < 1.29 is 0 Å². The van der Waals surface area contributed by atoms with Crippen LogP contribution >= 0.6 is 0 Å². The van der Waals surface area contributed by atoms with E-state index >= 15 is 0 Å². The Labute approximate surface area is 123 Å². The molecular formula is C17H29N3. The first-order chi connectivity index (χ1) is 9.61. The second kappa shape index (κ2) is 6.98. The number of likely N-dealkylation sites (N-methyl/N-ethyl adjacent to an activating group) is 1. The first kappa shape index (κ1) is 15.2. The van der Waals surface area contributed by atoms with Crippen molar-refractivity contribution in [2.24, 2.45) is 17.6 Å². The first-order valence-electron chi connectivity index (χ1n) is 7.87. The van der Waals surface area contributed by atoms with Crippen LogP contribution in [0.1, 0.15) is 26.7 Å². The maximum Gasteiger partial charge on any atom is 0.0604 e. The van der Waals surface area contributed by atoms with Crippen molar-refractivity contribution in [3.8, 4) is 0 Å². The zero-order valence-corrected chi connectivity index (χ0v) is 13.2. The molecule has 1 aliphatic rings. The largest absolute Gasteiger partial charge is 0.371 e. The van der Waals surface area contributed by atoms with Crippen LogP contribution in [0.15, 0.2) is 24.3 Å². The van der Waals surface area contributed by atoms with E-state index in [1.165, 1.54) is 24.2 Å². The molecule has 3 nitrogen and oxygen atoms in total. The summed E-state index contributed by atoms with van der Waals surface area (Å²) in [6.45, 7) is 8.73. The fourth-order valence-corrected chi connectivity index (χ4v) is 3.14. The van der Waals surface area contributed by atoms with Gasteiger partial charge >= 0.3 is 0 Å². The van der Waals surface area contributed by atoms with Crippen LogP contribution in [-0.4, -0.2) is 33.2 Å². The van der Waals surface area contributed by atoms with Crippen LogP contribution in [0.2, 0.25) is 0 Å². The zero-order chi connectivity index (χ0) is 14.5. The Bertz CT molecular complexity index is 416.